The van der Waals surface area contributed by atoms with Crippen LogP contribution in [0.3, 0.4) is 0 Å². The lowest BCUT2D eigenvalue weighted by Crippen LogP contribution is -1.74. The van der Waals surface area contributed by atoms with Crippen LogP contribution in [0, 0.1) is 3.57 Å². The summed E-state index contributed by atoms with van der Waals surface area (Å²) in [6, 6.07) is 5.65. The van der Waals surface area contributed by atoms with Gasteiger partial charge in [0.1, 0.15) is 0 Å². The van der Waals surface area contributed by atoms with Crippen LogP contribution in [0.25, 0.3) is 0 Å². The molecule has 9 heavy (non-hydrogen) atoms. The van der Waals surface area contributed by atoms with E-state index in [1.54, 1.807) is 0 Å². The summed E-state index contributed by atoms with van der Waals surface area (Å²) in [5.41, 5.74) is 0. The van der Waals surface area contributed by atoms with Gasteiger partial charge >= 0.3 is 0 Å². The molecule has 0 nitrogen and oxygen atoms in total. The second kappa shape index (κ2) is 3.12. The molecule has 0 bridgehead atoms. The molecule has 0 spiro atoms. The van der Waals surface area contributed by atoms with Gasteiger partial charge in [0.2, 0.25) is 0 Å². The van der Waals surface area contributed by atoms with Gasteiger partial charge in [0.05, 0.1) is 5.02 Å². The average molecular weight is 271 g/mol. The molecule has 0 N–H and O–H groups in total. The fraction of sp³-hybridized carbons (Fsp3) is 0. The lowest BCUT2D eigenvalue weighted by Gasteiger charge is -1.96. The summed E-state index contributed by atoms with van der Waals surface area (Å²) in [6.45, 7) is 0. The molecule has 0 unspecified atom stereocenters. The van der Waals surface area contributed by atoms with Crippen molar-refractivity contribution >= 4 is 46.8 Å². The van der Waals surface area contributed by atoms with E-state index in [1.165, 1.54) is 0 Å². The molecule has 0 saturated heterocycles. The second-order valence-corrected chi connectivity index (χ2v) is 3.54. The van der Waals surface area contributed by atoms with Gasteiger partial charge in [-0.2, -0.15) is 0 Å². The largest absolute Gasteiger partial charge is 0.142 e. The lowest BCUT2D eigenvalue weighted by molar-refractivity contribution is 1.42. The minimum atomic E-state index is 0.767. The second-order valence-electron chi connectivity index (χ2n) is 1.57. The van der Waals surface area contributed by atoms with E-state index in [2.05, 4.69) is 35.2 Å². The average Bonchev–Trinajstić information content (AvgIpc) is 1.83. The van der Waals surface area contributed by atoms with Crippen molar-refractivity contribution in [3.63, 3.8) is 0 Å². The van der Waals surface area contributed by atoms with Crippen molar-refractivity contribution in [2.45, 2.75) is 4.90 Å². The van der Waals surface area contributed by atoms with Gasteiger partial charge in [0, 0.05) is 8.47 Å². The quantitative estimate of drug-likeness (QED) is 0.543. The number of hydrogen-bond donors (Lipinski definition) is 1. The Bertz CT molecular complexity index is 204. The summed E-state index contributed by atoms with van der Waals surface area (Å²) in [4.78, 5) is 0.933. The van der Waals surface area contributed by atoms with Crippen molar-refractivity contribution in [3.8, 4) is 0 Å². The van der Waals surface area contributed by atoms with Crippen molar-refractivity contribution in [2.24, 2.45) is 0 Å². The molecule has 0 amide bonds. The van der Waals surface area contributed by atoms with Gasteiger partial charge in [-0.3, -0.25) is 0 Å². The first-order valence-electron chi connectivity index (χ1n) is 2.35. The Morgan fingerprint density at radius 1 is 1.44 bits per heavy atom. The molecule has 48 valence electrons. The van der Waals surface area contributed by atoms with Crippen LogP contribution in [0.4, 0.5) is 0 Å². The Kier molecular flexibility index (Phi) is 2.67. The standard InChI is InChI=1S/C6H4ClIS/c7-4-2-1-3-5(9)6(4)8/h1-3,9H. The highest BCUT2D eigenvalue weighted by atomic mass is 127. The molecule has 1 rings (SSSR count). The van der Waals surface area contributed by atoms with Crippen LogP contribution in [0.15, 0.2) is 23.1 Å². The summed E-state index contributed by atoms with van der Waals surface area (Å²) >= 11 is 12.1. The van der Waals surface area contributed by atoms with E-state index in [0.717, 1.165) is 13.5 Å². The van der Waals surface area contributed by atoms with Crippen LogP contribution in [0.5, 0.6) is 0 Å². The summed E-state index contributed by atoms with van der Waals surface area (Å²) in [5.74, 6) is 0. The monoisotopic (exact) mass is 270 g/mol. The van der Waals surface area contributed by atoms with Crippen LogP contribution in [0.2, 0.25) is 5.02 Å². The molecule has 3 heteroatoms. The smallest absolute Gasteiger partial charge is 0.0550 e. The van der Waals surface area contributed by atoms with Gasteiger partial charge in [-0.05, 0) is 34.7 Å². The molecule has 1 aromatic rings. The van der Waals surface area contributed by atoms with Crippen LogP contribution < -0.4 is 0 Å². The minimum absolute atomic E-state index is 0.767. The first kappa shape index (κ1) is 7.69. The maximum absolute atomic E-state index is 5.76. The third kappa shape index (κ3) is 1.75. The summed E-state index contributed by atoms with van der Waals surface area (Å²) in [5, 5.41) is 0.767. The molecular formula is C6H4ClIS. The first-order valence-corrected chi connectivity index (χ1v) is 4.25. The highest BCUT2D eigenvalue weighted by Gasteiger charge is 1.96. The van der Waals surface area contributed by atoms with E-state index < -0.39 is 0 Å². The fourth-order valence-electron chi connectivity index (χ4n) is 0.492. The van der Waals surface area contributed by atoms with Crippen molar-refractivity contribution < 1.29 is 0 Å². The van der Waals surface area contributed by atoms with Crippen LogP contribution in [0.1, 0.15) is 0 Å². The van der Waals surface area contributed by atoms with E-state index in [4.69, 9.17) is 11.6 Å². The molecule has 0 aliphatic carbocycles. The molecule has 0 saturated carbocycles. The number of hydrogen-bond acceptors (Lipinski definition) is 1. The van der Waals surface area contributed by atoms with Gasteiger partial charge in [0.15, 0.2) is 0 Å². The van der Waals surface area contributed by atoms with Gasteiger partial charge < -0.3 is 0 Å². The third-order valence-electron chi connectivity index (χ3n) is 0.931. The molecule has 0 heterocycles. The third-order valence-corrected chi connectivity index (χ3v) is 3.53. The molecule has 0 aliphatic rings. The van der Waals surface area contributed by atoms with Crippen molar-refractivity contribution in [1.82, 2.24) is 0 Å². The van der Waals surface area contributed by atoms with Crippen molar-refractivity contribution in [2.75, 3.05) is 0 Å². The molecule has 0 aromatic heterocycles. The van der Waals surface area contributed by atoms with Crippen LogP contribution >= 0.6 is 46.8 Å². The Balaban J connectivity index is 3.25. The Morgan fingerprint density at radius 3 is 2.56 bits per heavy atom. The fourth-order valence-corrected chi connectivity index (χ4v) is 1.30. The number of rotatable bonds is 0. The SMILES string of the molecule is Sc1cccc(Cl)c1I. The molecule has 1 aromatic carbocycles. The first-order chi connectivity index (χ1) is 4.22. The predicted octanol–water partition coefficient (Wildman–Crippen LogP) is 3.23. The highest BCUT2D eigenvalue weighted by molar-refractivity contribution is 14.1. The highest BCUT2D eigenvalue weighted by Crippen LogP contribution is 2.23. The van der Waals surface area contributed by atoms with Gasteiger partial charge in [-0.1, -0.05) is 17.7 Å². The Morgan fingerprint density at radius 2 is 2.11 bits per heavy atom. The predicted molar refractivity (Wildman–Crippen MR) is 51.4 cm³/mol. The van der Waals surface area contributed by atoms with Gasteiger partial charge in [-0.25, -0.2) is 0 Å². The van der Waals surface area contributed by atoms with E-state index in [1.807, 2.05) is 18.2 Å². The van der Waals surface area contributed by atoms with Gasteiger partial charge in [0.25, 0.3) is 0 Å². The number of halogens is 2. The topological polar surface area (TPSA) is 0 Å². The Hall–Kier alpha value is 0.590. The van der Waals surface area contributed by atoms with E-state index in [-0.39, 0.29) is 0 Å². The summed E-state index contributed by atoms with van der Waals surface area (Å²) < 4.78 is 1.01. The normalized spacial score (nSPS) is 9.67. The number of thiol groups is 1. The lowest BCUT2D eigenvalue weighted by atomic mass is 10.4. The van der Waals surface area contributed by atoms with E-state index >= 15 is 0 Å². The van der Waals surface area contributed by atoms with E-state index in [0.29, 0.717) is 0 Å². The molecule has 0 atom stereocenters. The number of benzene rings is 1. The maximum atomic E-state index is 5.76. The molecule has 0 aliphatic heterocycles. The molecular weight excluding hydrogens is 266 g/mol. The van der Waals surface area contributed by atoms with E-state index in [9.17, 15) is 0 Å². The summed E-state index contributed by atoms with van der Waals surface area (Å²) in [7, 11) is 0. The maximum Gasteiger partial charge on any atom is 0.0550 e. The zero-order valence-electron chi connectivity index (χ0n) is 4.44. The van der Waals surface area contributed by atoms with Crippen molar-refractivity contribution in [1.29, 1.82) is 0 Å². The zero-order valence-corrected chi connectivity index (χ0v) is 8.24. The minimum Gasteiger partial charge on any atom is -0.142 e. The van der Waals surface area contributed by atoms with Gasteiger partial charge in [-0.15, -0.1) is 12.6 Å². The Labute approximate surface area is 78.2 Å². The molecule has 0 radical (unpaired) electrons. The zero-order chi connectivity index (χ0) is 6.85. The van der Waals surface area contributed by atoms with Crippen LogP contribution in [-0.4, -0.2) is 0 Å². The molecule has 0 fully saturated rings. The van der Waals surface area contributed by atoms with Crippen molar-refractivity contribution in [3.05, 3.63) is 26.8 Å². The van der Waals surface area contributed by atoms with Crippen LogP contribution in [-0.2, 0) is 0 Å². The summed E-state index contributed by atoms with van der Waals surface area (Å²) in [6.07, 6.45) is 0.